The molecule has 9 heteroatoms. The quantitative estimate of drug-likeness (QED) is 0.417. The molecule has 7 nitrogen and oxygen atoms in total. The van der Waals surface area contributed by atoms with Gasteiger partial charge in [0, 0.05) is 16.1 Å². The number of carbonyl (C=O) groups excluding carboxylic acids is 2. The molecule has 0 aliphatic carbocycles. The van der Waals surface area contributed by atoms with Gasteiger partial charge in [-0.1, -0.05) is 48.2 Å². The first-order chi connectivity index (χ1) is 17.2. The van der Waals surface area contributed by atoms with Crippen LogP contribution in [0.5, 0.6) is 0 Å². The Morgan fingerprint density at radius 1 is 1.14 bits per heavy atom. The lowest BCUT2D eigenvalue weighted by Crippen LogP contribution is -2.37. The highest BCUT2D eigenvalue weighted by Gasteiger charge is 2.42. The number of rotatable bonds is 8. The molecule has 2 aromatic heterocycles. The number of fused-ring (bicyclic) bond motifs is 1. The predicted molar refractivity (Wildman–Crippen MR) is 137 cm³/mol. The van der Waals surface area contributed by atoms with Crippen molar-refractivity contribution in [2.24, 2.45) is 4.99 Å². The number of nitrogens with zero attached hydrogens (tertiary/aromatic N) is 2. The minimum absolute atomic E-state index is 0.144. The summed E-state index contributed by atoms with van der Waals surface area (Å²) in [5.74, 6) is 0.130. The van der Waals surface area contributed by atoms with Crippen LogP contribution in [0.3, 0.4) is 0 Å². The lowest BCUT2D eigenvalue weighted by atomic mass is 9.95. The fourth-order valence-corrected chi connectivity index (χ4v) is 5.77. The van der Waals surface area contributed by atoms with Crippen LogP contribution >= 0.6 is 23.1 Å². The second-order valence-electron chi connectivity index (χ2n) is 7.79. The number of esters is 1. The van der Waals surface area contributed by atoms with Crippen molar-refractivity contribution in [2.75, 3.05) is 6.61 Å². The van der Waals surface area contributed by atoms with E-state index in [1.54, 1.807) is 30.6 Å². The van der Waals surface area contributed by atoms with Crippen LogP contribution in [0, 0.1) is 0 Å². The summed E-state index contributed by atoms with van der Waals surface area (Å²) < 4.78 is 10.8. The maximum atomic E-state index is 13.4. The zero-order chi connectivity index (χ0) is 24.2. The van der Waals surface area contributed by atoms with Crippen LogP contribution in [0.2, 0.25) is 0 Å². The fraction of sp³-hybridized carbons (Fsp3) is 0.192. The number of thiophene rings is 1. The number of carbonyl (C=O) groups is 2. The maximum absolute atomic E-state index is 13.4. The molecule has 0 spiro atoms. The standard InChI is InChI=1S/C26H23N3O4S2/c1-2-32-25(31)22-23(17-8-4-3-5-9-17)28-26-29(24(22)20-11-7-13-34-20)18(16-35-26)14-21(30)27-15-19-10-6-12-33-19/h3-13,16,24H,2,14-15H2,1H3,(H,27,30). The Morgan fingerprint density at radius 3 is 2.71 bits per heavy atom. The van der Waals surface area contributed by atoms with E-state index in [-0.39, 0.29) is 18.9 Å². The van der Waals surface area contributed by atoms with E-state index in [1.807, 2.05) is 64.2 Å². The first-order valence-electron chi connectivity index (χ1n) is 11.2. The molecule has 1 amide bonds. The number of hydrogen-bond acceptors (Lipinski definition) is 8. The summed E-state index contributed by atoms with van der Waals surface area (Å²) in [6.07, 6.45) is 1.72. The minimum Gasteiger partial charge on any atom is -0.467 e. The molecule has 0 saturated heterocycles. The number of amidine groups is 1. The topological polar surface area (TPSA) is 84.1 Å². The molecule has 1 N–H and O–H groups in total. The third-order valence-electron chi connectivity index (χ3n) is 5.55. The number of thioether (sulfide) groups is 1. The van der Waals surface area contributed by atoms with E-state index in [0.29, 0.717) is 23.6 Å². The van der Waals surface area contributed by atoms with Crippen molar-refractivity contribution in [1.29, 1.82) is 0 Å². The summed E-state index contributed by atoms with van der Waals surface area (Å²) in [6, 6.07) is 16.8. The average Bonchev–Trinajstić information content (AvgIpc) is 3.65. The Labute approximate surface area is 211 Å². The highest BCUT2D eigenvalue weighted by molar-refractivity contribution is 8.16. The molecule has 0 bridgehead atoms. The molecule has 4 heterocycles. The van der Waals surface area contributed by atoms with Gasteiger partial charge in [-0.3, -0.25) is 4.79 Å². The van der Waals surface area contributed by atoms with Gasteiger partial charge < -0.3 is 19.4 Å². The van der Waals surface area contributed by atoms with Gasteiger partial charge in [-0.05, 0) is 35.9 Å². The molecule has 1 unspecified atom stereocenters. The molecular weight excluding hydrogens is 482 g/mol. The molecule has 2 aliphatic rings. The van der Waals surface area contributed by atoms with Crippen molar-refractivity contribution < 1.29 is 18.7 Å². The average molecular weight is 506 g/mol. The Bertz CT molecular complexity index is 1300. The van der Waals surface area contributed by atoms with Gasteiger partial charge in [0.1, 0.15) is 11.8 Å². The molecule has 178 valence electrons. The zero-order valence-electron chi connectivity index (χ0n) is 19.0. The van der Waals surface area contributed by atoms with Gasteiger partial charge in [0.2, 0.25) is 5.91 Å². The number of furan rings is 1. The van der Waals surface area contributed by atoms with Crippen LogP contribution in [0.4, 0.5) is 0 Å². The van der Waals surface area contributed by atoms with Crippen molar-refractivity contribution in [3.05, 3.63) is 99.1 Å². The maximum Gasteiger partial charge on any atom is 0.338 e. The van der Waals surface area contributed by atoms with Crippen molar-refractivity contribution in [3.8, 4) is 0 Å². The van der Waals surface area contributed by atoms with Crippen molar-refractivity contribution in [1.82, 2.24) is 10.2 Å². The lowest BCUT2D eigenvalue weighted by molar-refractivity contribution is -0.139. The first-order valence-corrected chi connectivity index (χ1v) is 12.9. The van der Waals surface area contributed by atoms with Crippen LogP contribution in [-0.2, 0) is 20.9 Å². The zero-order valence-corrected chi connectivity index (χ0v) is 20.6. The van der Waals surface area contributed by atoms with E-state index >= 15 is 0 Å². The second kappa shape index (κ2) is 10.4. The van der Waals surface area contributed by atoms with Gasteiger partial charge in [0.05, 0.1) is 37.1 Å². The third kappa shape index (κ3) is 4.82. The second-order valence-corrected chi connectivity index (χ2v) is 9.61. The summed E-state index contributed by atoms with van der Waals surface area (Å²) in [7, 11) is 0. The van der Waals surface area contributed by atoms with Gasteiger partial charge in [0.15, 0.2) is 5.17 Å². The van der Waals surface area contributed by atoms with E-state index in [1.165, 1.54) is 11.8 Å². The molecule has 0 saturated carbocycles. The minimum atomic E-state index is -0.448. The van der Waals surface area contributed by atoms with Gasteiger partial charge in [-0.15, -0.1) is 11.3 Å². The van der Waals surface area contributed by atoms with E-state index in [0.717, 1.165) is 21.3 Å². The van der Waals surface area contributed by atoms with Crippen LogP contribution in [0.1, 0.15) is 35.6 Å². The van der Waals surface area contributed by atoms with E-state index in [4.69, 9.17) is 14.1 Å². The van der Waals surface area contributed by atoms with Crippen molar-refractivity contribution in [2.45, 2.75) is 25.9 Å². The van der Waals surface area contributed by atoms with Gasteiger partial charge in [-0.2, -0.15) is 0 Å². The van der Waals surface area contributed by atoms with Crippen LogP contribution < -0.4 is 5.32 Å². The summed E-state index contributed by atoms with van der Waals surface area (Å²) in [5.41, 5.74) is 2.68. The molecule has 2 aliphatic heterocycles. The Morgan fingerprint density at radius 2 is 2.00 bits per heavy atom. The molecule has 1 atom stereocenters. The summed E-state index contributed by atoms with van der Waals surface area (Å²) >= 11 is 3.01. The Balaban J connectivity index is 1.51. The van der Waals surface area contributed by atoms with Crippen LogP contribution in [-0.4, -0.2) is 28.6 Å². The van der Waals surface area contributed by atoms with E-state index < -0.39 is 12.0 Å². The molecule has 3 aromatic rings. The molecule has 35 heavy (non-hydrogen) atoms. The highest BCUT2D eigenvalue weighted by atomic mass is 32.2. The number of ether oxygens (including phenoxy) is 1. The first kappa shape index (κ1) is 23.2. The summed E-state index contributed by atoms with van der Waals surface area (Å²) in [4.78, 5) is 34.0. The molecule has 0 radical (unpaired) electrons. The number of hydrogen-bond donors (Lipinski definition) is 1. The number of aliphatic imine (C=N–C) groups is 1. The fourth-order valence-electron chi connectivity index (χ4n) is 4.03. The van der Waals surface area contributed by atoms with Gasteiger partial charge in [0.25, 0.3) is 0 Å². The highest BCUT2D eigenvalue weighted by Crippen LogP contribution is 2.47. The Kier molecular flexibility index (Phi) is 6.87. The SMILES string of the molecule is CCOC(=O)C1=C(c2ccccc2)N=C2SC=C(CC(=O)NCc3ccco3)N2C1c1cccs1. The van der Waals surface area contributed by atoms with E-state index in [2.05, 4.69) is 5.32 Å². The number of benzene rings is 1. The monoisotopic (exact) mass is 505 g/mol. The van der Waals surface area contributed by atoms with Crippen LogP contribution in [0.15, 0.2) is 92.3 Å². The normalized spacial score (nSPS) is 17.1. The predicted octanol–water partition coefficient (Wildman–Crippen LogP) is 5.32. The molecule has 5 rings (SSSR count). The Hall–Kier alpha value is -3.56. The van der Waals surface area contributed by atoms with Gasteiger partial charge in [-0.25, -0.2) is 9.79 Å². The summed E-state index contributed by atoms with van der Waals surface area (Å²) in [6.45, 7) is 2.36. The summed E-state index contributed by atoms with van der Waals surface area (Å²) in [5, 5.41) is 7.54. The smallest absolute Gasteiger partial charge is 0.338 e. The molecule has 1 aromatic carbocycles. The van der Waals surface area contributed by atoms with Crippen molar-refractivity contribution in [3.63, 3.8) is 0 Å². The van der Waals surface area contributed by atoms with E-state index in [9.17, 15) is 9.59 Å². The van der Waals surface area contributed by atoms with Gasteiger partial charge >= 0.3 is 5.97 Å². The van der Waals surface area contributed by atoms with Crippen molar-refractivity contribution >= 4 is 45.8 Å². The molecule has 0 fully saturated rings. The third-order valence-corrected chi connectivity index (χ3v) is 7.36. The largest absolute Gasteiger partial charge is 0.467 e. The van der Waals surface area contributed by atoms with Crippen LogP contribution in [0.25, 0.3) is 5.70 Å². The number of nitrogens with one attached hydrogen (secondary N) is 1. The number of amides is 1. The molecular formula is C26H23N3O4S2. The lowest BCUT2D eigenvalue weighted by Gasteiger charge is -2.36.